The van der Waals surface area contributed by atoms with E-state index >= 15 is 0 Å². The smallest absolute Gasteiger partial charge is 0.0328 e. The molecule has 0 aromatic carbocycles. The van der Waals surface area contributed by atoms with E-state index in [9.17, 15) is 0 Å². The van der Waals surface area contributed by atoms with Crippen molar-refractivity contribution in [1.29, 1.82) is 0 Å². The predicted octanol–water partition coefficient (Wildman–Crippen LogP) is 1.36. The summed E-state index contributed by atoms with van der Waals surface area (Å²) in [5, 5.41) is 2.16. The van der Waals surface area contributed by atoms with Gasteiger partial charge in [0, 0.05) is 49.7 Å². The number of hydrogen-bond donors (Lipinski definition) is 1. The zero-order valence-corrected chi connectivity index (χ0v) is 11.1. The second-order valence-electron chi connectivity index (χ2n) is 5.49. The van der Waals surface area contributed by atoms with Crippen LogP contribution in [0.15, 0.2) is 17.5 Å². The van der Waals surface area contributed by atoms with Gasteiger partial charge in [0.05, 0.1) is 0 Å². The minimum Gasteiger partial charge on any atom is -0.324 e. The first-order valence-corrected chi connectivity index (χ1v) is 7.38. The minimum absolute atomic E-state index is 0.177. The van der Waals surface area contributed by atoms with Gasteiger partial charge >= 0.3 is 0 Å². The van der Waals surface area contributed by atoms with Crippen LogP contribution in [-0.4, -0.2) is 48.1 Å². The maximum atomic E-state index is 6.17. The molecule has 17 heavy (non-hydrogen) atoms. The van der Waals surface area contributed by atoms with E-state index in [1.807, 2.05) is 11.3 Å². The van der Waals surface area contributed by atoms with Crippen LogP contribution in [0.3, 0.4) is 0 Å². The number of nitrogens with zero attached hydrogens (tertiary/aromatic N) is 2. The molecule has 94 valence electrons. The Labute approximate surface area is 107 Å². The Morgan fingerprint density at radius 1 is 1.18 bits per heavy atom. The summed E-state index contributed by atoms with van der Waals surface area (Å²) in [7, 11) is 0. The second-order valence-corrected chi connectivity index (χ2v) is 6.53. The number of rotatable bonds is 4. The van der Waals surface area contributed by atoms with Crippen LogP contribution in [0.25, 0.3) is 0 Å². The van der Waals surface area contributed by atoms with Crippen molar-refractivity contribution in [3.8, 4) is 0 Å². The van der Waals surface area contributed by atoms with Crippen molar-refractivity contribution in [3.63, 3.8) is 0 Å². The zero-order chi connectivity index (χ0) is 11.7. The lowest BCUT2D eigenvalue weighted by molar-refractivity contribution is 0.120. The van der Waals surface area contributed by atoms with E-state index in [0.717, 1.165) is 13.1 Å². The summed E-state index contributed by atoms with van der Waals surface area (Å²) in [5.74, 6) is 0. The van der Waals surface area contributed by atoms with Crippen LogP contribution in [0.2, 0.25) is 0 Å². The lowest BCUT2D eigenvalue weighted by Crippen LogP contribution is -2.50. The van der Waals surface area contributed by atoms with Crippen molar-refractivity contribution in [2.24, 2.45) is 5.73 Å². The summed E-state index contributed by atoms with van der Waals surface area (Å²) >= 11 is 1.86. The summed E-state index contributed by atoms with van der Waals surface area (Å²) in [5.41, 5.74) is 6.34. The molecule has 4 heteroatoms. The fourth-order valence-corrected chi connectivity index (χ4v) is 3.24. The van der Waals surface area contributed by atoms with Gasteiger partial charge in [-0.25, -0.2) is 0 Å². The number of piperazine rings is 1. The fraction of sp³-hybridized carbons (Fsp3) is 0.692. The molecule has 0 radical (unpaired) electrons. The third-order valence-electron chi connectivity index (χ3n) is 3.86. The van der Waals surface area contributed by atoms with Gasteiger partial charge in [0.25, 0.3) is 0 Å². The molecule has 3 nitrogen and oxygen atoms in total. The molecule has 2 aliphatic rings. The fourth-order valence-electron chi connectivity index (χ4n) is 2.49. The van der Waals surface area contributed by atoms with Gasteiger partial charge in [-0.2, -0.15) is 0 Å². The van der Waals surface area contributed by atoms with E-state index in [1.165, 1.54) is 43.9 Å². The van der Waals surface area contributed by atoms with E-state index in [2.05, 4.69) is 27.3 Å². The molecular weight excluding hydrogens is 230 g/mol. The molecule has 0 atom stereocenters. The number of thiophene rings is 1. The minimum atomic E-state index is 0.177. The van der Waals surface area contributed by atoms with Gasteiger partial charge in [-0.05, 0) is 24.3 Å². The average molecular weight is 251 g/mol. The standard InChI is InChI=1S/C13H21N3S/c14-13(3-4-13)11-16-7-5-15(6-8-16)10-12-2-1-9-17-12/h1-2,9H,3-8,10-11,14H2. The Balaban J connectivity index is 1.44. The van der Waals surface area contributed by atoms with E-state index in [4.69, 9.17) is 5.73 Å². The second kappa shape index (κ2) is 4.69. The van der Waals surface area contributed by atoms with Crippen LogP contribution in [0, 0.1) is 0 Å². The van der Waals surface area contributed by atoms with Crippen LogP contribution in [-0.2, 0) is 6.54 Å². The molecule has 2 N–H and O–H groups in total. The van der Waals surface area contributed by atoms with Gasteiger partial charge < -0.3 is 5.73 Å². The Morgan fingerprint density at radius 2 is 1.88 bits per heavy atom. The van der Waals surface area contributed by atoms with Crippen LogP contribution in [0.4, 0.5) is 0 Å². The van der Waals surface area contributed by atoms with Crippen LogP contribution < -0.4 is 5.73 Å². The summed E-state index contributed by atoms with van der Waals surface area (Å²) in [6, 6.07) is 4.37. The van der Waals surface area contributed by atoms with Gasteiger partial charge in [-0.3, -0.25) is 9.80 Å². The van der Waals surface area contributed by atoms with Crippen molar-refractivity contribution in [2.75, 3.05) is 32.7 Å². The van der Waals surface area contributed by atoms with Gasteiger partial charge in [-0.15, -0.1) is 11.3 Å². The first kappa shape index (κ1) is 11.7. The topological polar surface area (TPSA) is 32.5 Å². The first-order valence-electron chi connectivity index (χ1n) is 6.50. The average Bonchev–Trinajstić information content (AvgIpc) is 2.84. The third-order valence-corrected chi connectivity index (χ3v) is 4.72. The van der Waals surface area contributed by atoms with Crippen LogP contribution in [0.5, 0.6) is 0 Å². The normalized spacial score (nSPS) is 25.0. The Bertz CT molecular complexity index is 351. The van der Waals surface area contributed by atoms with E-state index in [-0.39, 0.29) is 5.54 Å². The number of nitrogens with two attached hydrogens (primary N) is 1. The molecule has 0 amide bonds. The van der Waals surface area contributed by atoms with Crippen LogP contribution >= 0.6 is 11.3 Å². The van der Waals surface area contributed by atoms with Gasteiger partial charge in [0.15, 0.2) is 0 Å². The molecule has 2 heterocycles. The molecule has 0 unspecified atom stereocenters. The highest BCUT2D eigenvalue weighted by Gasteiger charge is 2.39. The largest absolute Gasteiger partial charge is 0.324 e. The lowest BCUT2D eigenvalue weighted by Gasteiger charge is -2.35. The predicted molar refractivity (Wildman–Crippen MR) is 72.2 cm³/mol. The summed E-state index contributed by atoms with van der Waals surface area (Å²) in [6.07, 6.45) is 2.45. The molecule has 1 aliphatic carbocycles. The molecular formula is C13H21N3S. The van der Waals surface area contributed by atoms with Gasteiger partial charge in [0.1, 0.15) is 0 Å². The summed E-state index contributed by atoms with van der Waals surface area (Å²) in [6.45, 7) is 6.98. The number of hydrogen-bond acceptors (Lipinski definition) is 4. The van der Waals surface area contributed by atoms with Crippen LogP contribution in [0.1, 0.15) is 17.7 Å². The van der Waals surface area contributed by atoms with Crippen molar-refractivity contribution in [1.82, 2.24) is 9.80 Å². The van der Waals surface area contributed by atoms with E-state index in [1.54, 1.807) is 0 Å². The lowest BCUT2D eigenvalue weighted by atomic mass is 10.2. The molecule has 2 fully saturated rings. The summed E-state index contributed by atoms with van der Waals surface area (Å²) < 4.78 is 0. The molecule has 0 spiro atoms. The Kier molecular flexibility index (Phi) is 3.21. The Morgan fingerprint density at radius 3 is 2.47 bits per heavy atom. The molecule has 1 aromatic heterocycles. The van der Waals surface area contributed by atoms with Crippen molar-refractivity contribution in [2.45, 2.75) is 24.9 Å². The molecule has 3 rings (SSSR count). The highest BCUT2D eigenvalue weighted by molar-refractivity contribution is 7.09. The first-order chi connectivity index (χ1) is 8.23. The monoisotopic (exact) mass is 251 g/mol. The van der Waals surface area contributed by atoms with Gasteiger partial charge in [-0.1, -0.05) is 6.07 Å². The van der Waals surface area contributed by atoms with Crippen molar-refractivity contribution in [3.05, 3.63) is 22.4 Å². The highest BCUT2D eigenvalue weighted by atomic mass is 32.1. The van der Waals surface area contributed by atoms with Crippen molar-refractivity contribution >= 4 is 11.3 Å². The van der Waals surface area contributed by atoms with E-state index in [0.29, 0.717) is 0 Å². The molecule has 0 bridgehead atoms. The highest BCUT2D eigenvalue weighted by Crippen LogP contribution is 2.33. The molecule has 1 aliphatic heterocycles. The SMILES string of the molecule is NC1(CN2CCN(Cc3cccs3)CC2)CC1. The molecule has 1 aromatic rings. The molecule has 1 saturated heterocycles. The quantitative estimate of drug-likeness (QED) is 0.877. The Hall–Kier alpha value is -0.420. The zero-order valence-electron chi connectivity index (χ0n) is 10.3. The summed E-state index contributed by atoms with van der Waals surface area (Å²) in [4.78, 5) is 6.58. The van der Waals surface area contributed by atoms with Gasteiger partial charge in [0.2, 0.25) is 0 Å². The molecule has 1 saturated carbocycles. The van der Waals surface area contributed by atoms with Crippen molar-refractivity contribution < 1.29 is 0 Å². The third kappa shape index (κ3) is 3.07. The van der Waals surface area contributed by atoms with E-state index < -0.39 is 0 Å². The maximum Gasteiger partial charge on any atom is 0.0328 e. The maximum absolute atomic E-state index is 6.17.